The number of hydrogen-bond donors (Lipinski definition) is 1. The van der Waals surface area contributed by atoms with Gasteiger partial charge in [0.05, 0.1) is 0 Å². The number of ether oxygens (including phenoxy) is 1. The number of nitrogens with two attached hydrogens (primary N) is 1. The smallest absolute Gasteiger partial charge is 0.191 e. The van der Waals surface area contributed by atoms with E-state index in [9.17, 15) is 8.78 Å². The Labute approximate surface area is 115 Å². The highest BCUT2D eigenvalue weighted by Gasteiger charge is 2.14. The number of aryl methyl sites for hydroxylation is 1. The quantitative estimate of drug-likeness (QED) is 0.880. The minimum atomic E-state index is -0.771. The van der Waals surface area contributed by atoms with Crippen molar-refractivity contribution in [2.24, 2.45) is 5.73 Å². The molecule has 0 aliphatic carbocycles. The van der Waals surface area contributed by atoms with E-state index in [0.29, 0.717) is 17.9 Å². The summed E-state index contributed by atoms with van der Waals surface area (Å²) >= 11 is 0. The fourth-order valence-corrected chi connectivity index (χ4v) is 1.80. The summed E-state index contributed by atoms with van der Waals surface area (Å²) in [5, 5.41) is 4.01. The maximum Gasteiger partial charge on any atom is 0.191 e. The number of rotatable bonds is 6. The van der Waals surface area contributed by atoms with Crippen LogP contribution in [0, 0.1) is 11.6 Å². The first-order valence-corrected chi connectivity index (χ1v) is 6.33. The summed E-state index contributed by atoms with van der Waals surface area (Å²) in [6.45, 7) is 2.70. The van der Waals surface area contributed by atoms with Crippen LogP contribution in [0.15, 0.2) is 18.5 Å². The monoisotopic (exact) mass is 282 g/mol. The van der Waals surface area contributed by atoms with Crippen molar-refractivity contribution in [3.05, 3.63) is 41.5 Å². The van der Waals surface area contributed by atoms with Gasteiger partial charge in [-0.15, -0.1) is 0 Å². The molecule has 0 aliphatic heterocycles. The van der Waals surface area contributed by atoms with Crippen LogP contribution in [0.2, 0.25) is 0 Å². The molecule has 0 fully saturated rings. The maximum atomic E-state index is 13.7. The van der Waals surface area contributed by atoms with Gasteiger partial charge in [0, 0.05) is 13.1 Å². The molecular formula is C13H16F2N4O. The molecule has 2 N–H and O–H groups in total. The van der Waals surface area contributed by atoms with Crippen molar-refractivity contribution < 1.29 is 13.5 Å². The highest BCUT2D eigenvalue weighted by atomic mass is 19.1. The van der Waals surface area contributed by atoms with Gasteiger partial charge in [-0.3, -0.25) is 0 Å². The summed E-state index contributed by atoms with van der Waals surface area (Å²) in [5.74, 6) is -1.44. The molecule has 0 unspecified atom stereocenters. The fraction of sp³-hybridized carbons (Fsp3) is 0.385. The van der Waals surface area contributed by atoms with Gasteiger partial charge in [0.1, 0.15) is 12.9 Å². The topological polar surface area (TPSA) is 66.0 Å². The van der Waals surface area contributed by atoms with Gasteiger partial charge in [-0.1, -0.05) is 6.92 Å². The molecule has 2 rings (SSSR count). The lowest BCUT2D eigenvalue weighted by atomic mass is 10.2. The normalized spacial score (nSPS) is 10.8. The Morgan fingerprint density at radius 2 is 2.00 bits per heavy atom. The first kappa shape index (κ1) is 14.4. The van der Waals surface area contributed by atoms with E-state index in [-0.39, 0.29) is 13.2 Å². The summed E-state index contributed by atoms with van der Waals surface area (Å²) in [7, 11) is 0. The van der Waals surface area contributed by atoms with Crippen molar-refractivity contribution in [2.75, 3.05) is 0 Å². The third-order valence-electron chi connectivity index (χ3n) is 2.77. The van der Waals surface area contributed by atoms with Crippen LogP contribution in [0.4, 0.5) is 8.78 Å². The summed E-state index contributed by atoms with van der Waals surface area (Å²) < 4.78 is 34.3. The molecule has 0 saturated carbocycles. The largest absolute Gasteiger partial charge is 0.479 e. The zero-order valence-electron chi connectivity index (χ0n) is 11.1. The van der Waals surface area contributed by atoms with E-state index in [0.717, 1.165) is 18.6 Å². The highest BCUT2D eigenvalue weighted by molar-refractivity contribution is 5.31. The lowest BCUT2D eigenvalue weighted by molar-refractivity contribution is 0.258. The van der Waals surface area contributed by atoms with Crippen LogP contribution in [-0.2, 0) is 19.7 Å². The van der Waals surface area contributed by atoms with Gasteiger partial charge in [-0.25, -0.2) is 18.4 Å². The lowest BCUT2D eigenvalue weighted by Crippen LogP contribution is -2.10. The van der Waals surface area contributed by atoms with Crippen molar-refractivity contribution in [1.82, 2.24) is 14.8 Å². The van der Waals surface area contributed by atoms with Crippen LogP contribution in [0.5, 0.6) is 5.75 Å². The minimum Gasteiger partial charge on any atom is -0.479 e. The van der Waals surface area contributed by atoms with E-state index in [1.54, 1.807) is 4.68 Å². The van der Waals surface area contributed by atoms with E-state index >= 15 is 0 Å². The third-order valence-corrected chi connectivity index (χ3v) is 2.77. The second-order valence-electron chi connectivity index (χ2n) is 4.28. The molecule has 7 heteroatoms. The van der Waals surface area contributed by atoms with Crippen LogP contribution in [-0.4, -0.2) is 14.8 Å². The van der Waals surface area contributed by atoms with Gasteiger partial charge in [0.15, 0.2) is 23.2 Å². The van der Waals surface area contributed by atoms with Crippen LogP contribution in [0.3, 0.4) is 0 Å². The molecule has 108 valence electrons. The van der Waals surface area contributed by atoms with Crippen molar-refractivity contribution in [3.8, 4) is 5.75 Å². The zero-order chi connectivity index (χ0) is 14.5. The van der Waals surface area contributed by atoms with Gasteiger partial charge >= 0.3 is 0 Å². The SMILES string of the molecule is CCCn1ncnc1COc1c(F)cc(CN)cc1F. The van der Waals surface area contributed by atoms with Crippen molar-refractivity contribution in [1.29, 1.82) is 0 Å². The van der Waals surface area contributed by atoms with Crippen molar-refractivity contribution >= 4 is 0 Å². The van der Waals surface area contributed by atoms with Crippen LogP contribution in [0.1, 0.15) is 24.7 Å². The average molecular weight is 282 g/mol. The van der Waals surface area contributed by atoms with E-state index in [1.165, 1.54) is 6.33 Å². The van der Waals surface area contributed by atoms with Crippen LogP contribution >= 0.6 is 0 Å². The Morgan fingerprint density at radius 3 is 2.60 bits per heavy atom. The standard InChI is InChI=1S/C13H16F2N4O/c1-2-3-19-12(17-8-18-19)7-20-13-10(14)4-9(6-16)5-11(13)15/h4-5,8H,2-3,6-7,16H2,1H3. The molecule has 0 aliphatic rings. The lowest BCUT2D eigenvalue weighted by Gasteiger charge is -2.10. The molecule has 0 amide bonds. The number of benzene rings is 1. The second-order valence-corrected chi connectivity index (χ2v) is 4.28. The van der Waals surface area contributed by atoms with Gasteiger partial charge in [-0.05, 0) is 24.1 Å². The minimum absolute atomic E-state index is 0.0458. The molecule has 0 bridgehead atoms. The molecular weight excluding hydrogens is 266 g/mol. The molecule has 20 heavy (non-hydrogen) atoms. The van der Waals surface area contributed by atoms with E-state index < -0.39 is 17.4 Å². The van der Waals surface area contributed by atoms with Crippen LogP contribution < -0.4 is 10.5 Å². The summed E-state index contributed by atoms with van der Waals surface area (Å²) in [4.78, 5) is 4.00. The Bertz CT molecular complexity index is 562. The average Bonchev–Trinajstić information content (AvgIpc) is 2.85. The predicted octanol–water partition coefficient (Wildman–Crippen LogP) is 2.00. The highest BCUT2D eigenvalue weighted by Crippen LogP contribution is 2.24. The molecule has 2 aromatic rings. The molecule has 0 atom stereocenters. The number of nitrogens with zero attached hydrogens (tertiary/aromatic N) is 3. The molecule has 0 saturated heterocycles. The van der Waals surface area contributed by atoms with Gasteiger partial charge in [0.25, 0.3) is 0 Å². The van der Waals surface area contributed by atoms with Crippen molar-refractivity contribution in [2.45, 2.75) is 33.0 Å². The van der Waals surface area contributed by atoms with Crippen LogP contribution in [0.25, 0.3) is 0 Å². The first-order valence-electron chi connectivity index (χ1n) is 6.33. The Balaban J connectivity index is 2.13. The van der Waals surface area contributed by atoms with Crippen molar-refractivity contribution in [3.63, 3.8) is 0 Å². The summed E-state index contributed by atoms with van der Waals surface area (Å²) in [6, 6.07) is 2.32. The summed E-state index contributed by atoms with van der Waals surface area (Å²) in [6.07, 6.45) is 2.27. The van der Waals surface area contributed by atoms with E-state index in [1.807, 2.05) is 6.92 Å². The molecule has 0 spiro atoms. The number of halogens is 2. The second kappa shape index (κ2) is 6.42. The molecule has 1 aromatic heterocycles. The molecule has 1 heterocycles. The van der Waals surface area contributed by atoms with Gasteiger partial charge in [0.2, 0.25) is 0 Å². The molecule has 1 aromatic carbocycles. The third kappa shape index (κ3) is 3.11. The molecule has 0 radical (unpaired) electrons. The Hall–Kier alpha value is -2.02. The predicted molar refractivity (Wildman–Crippen MR) is 68.9 cm³/mol. The van der Waals surface area contributed by atoms with E-state index in [4.69, 9.17) is 10.5 Å². The van der Waals surface area contributed by atoms with E-state index in [2.05, 4.69) is 10.1 Å². The maximum absolute atomic E-state index is 13.7. The molecule has 5 nitrogen and oxygen atoms in total. The van der Waals surface area contributed by atoms with Gasteiger partial charge < -0.3 is 10.5 Å². The Morgan fingerprint density at radius 1 is 1.30 bits per heavy atom. The summed E-state index contributed by atoms with van der Waals surface area (Å²) in [5.41, 5.74) is 5.72. The number of hydrogen-bond acceptors (Lipinski definition) is 4. The fourth-order valence-electron chi connectivity index (χ4n) is 1.80. The zero-order valence-corrected chi connectivity index (χ0v) is 11.1. The van der Waals surface area contributed by atoms with Gasteiger partial charge in [-0.2, -0.15) is 5.10 Å². The Kier molecular flexibility index (Phi) is 4.62. The first-order chi connectivity index (χ1) is 9.65. The number of aromatic nitrogens is 3.